The largest absolute Gasteiger partial charge is 0.422 e. The molecule has 1 saturated heterocycles. The highest BCUT2D eigenvalue weighted by Gasteiger charge is 2.23. The van der Waals surface area contributed by atoms with Crippen LogP contribution in [-0.4, -0.2) is 42.2 Å². The highest BCUT2D eigenvalue weighted by Crippen LogP contribution is 2.30. The number of thiocarbonyl (C=S) groups is 1. The minimum atomic E-state index is -0.590. The number of nitrogens with zero attached hydrogens (tertiary/aromatic N) is 2. The van der Waals surface area contributed by atoms with Crippen molar-refractivity contribution in [3.63, 3.8) is 0 Å². The first-order valence-electron chi connectivity index (χ1n) is 12.2. The van der Waals surface area contributed by atoms with Crippen LogP contribution >= 0.6 is 12.2 Å². The maximum absolute atomic E-state index is 12.9. The van der Waals surface area contributed by atoms with Gasteiger partial charge in [0.2, 0.25) is 0 Å². The summed E-state index contributed by atoms with van der Waals surface area (Å²) in [6.45, 7) is 3.87. The van der Waals surface area contributed by atoms with Gasteiger partial charge >= 0.3 is 5.63 Å². The number of para-hydroxylation sites is 1. The predicted octanol–water partition coefficient (Wildman–Crippen LogP) is 4.64. The molecule has 1 aliphatic rings. The second kappa shape index (κ2) is 11.0. The van der Waals surface area contributed by atoms with Gasteiger partial charge in [0.05, 0.1) is 23.7 Å². The third kappa shape index (κ3) is 5.64. The number of hydrogen-bond acceptors (Lipinski definition) is 8. The van der Waals surface area contributed by atoms with E-state index in [1.54, 1.807) is 36.4 Å². The number of amides is 1. The number of carbonyl (C=O) groups is 1. The van der Waals surface area contributed by atoms with Crippen LogP contribution in [-0.2, 0) is 4.74 Å². The molecule has 10 nitrogen and oxygen atoms in total. The molecule has 0 saturated carbocycles. The Labute approximate surface area is 228 Å². The highest BCUT2D eigenvalue weighted by atomic mass is 32.1. The van der Waals surface area contributed by atoms with Gasteiger partial charge in [-0.25, -0.2) is 4.79 Å². The number of nitro groups is 1. The zero-order chi connectivity index (χ0) is 27.5. The molecule has 4 aromatic rings. The predicted molar refractivity (Wildman–Crippen MR) is 152 cm³/mol. The molecular weight excluding hydrogens is 520 g/mol. The Morgan fingerprint density at radius 3 is 2.59 bits per heavy atom. The van der Waals surface area contributed by atoms with Crippen LogP contribution in [0.1, 0.15) is 15.9 Å². The topological polar surface area (TPSA) is 127 Å². The molecular formula is C28H24N4O6S. The summed E-state index contributed by atoms with van der Waals surface area (Å²) in [6, 6.07) is 18.7. The molecule has 5 rings (SSSR count). The Bertz CT molecular complexity index is 1660. The van der Waals surface area contributed by atoms with Gasteiger partial charge in [0.1, 0.15) is 11.3 Å². The quantitative estimate of drug-likeness (QED) is 0.160. The zero-order valence-corrected chi connectivity index (χ0v) is 21.7. The SMILES string of the molecule is Cc1ccc(-c2cc3ccccc3oc2=O)cc1NC(=S)NC(=O)c1ccc(N2CCOCC2)c([N+](=O)[O-])c1. The van der Waals surface area contributed by atoms with Crippen molar-refractivity contribution in [2.75, 3.05) is 36.5 Å². The van der Waals surface area contributed by atoms with Gasteiger partial charge in [-0.3, -0.25) is 20.2 Å². The fourth-order valence-corrected chi connectivity index (χ4v) is 4.60. The molecule has 39 heavy (non-hydrogen) atoms. The Morgan fingerprint density at radius 1 is 1.05 bits per heavy atom. The maximum atomic E-state index is 12.9. The number of hydrogen-bond donors (Lipinski definition) is 2. The number of aryl methyl sites for hydroxylation is 1. The van der Waals surface area contributed by atoms with E-state index in [9.17, 15) is 19.7 Å². The Kier molecular flexibility index (Phi) is 7.35. The van der Waals surface area contributed by atoms with Gasteiger partial charge in [-0.1, -0.05) is 30.3 Å². The summed E-state index contributed by atoms with van der Waals surface area (Å²) in [5, 5.41) is 18.1. The third-order valence-corrected chi connectivity index (χ3v) is 6.66. The fourth-order valence-electron chi connectivity index (χ4n) is 4.40. The van der Waals surface area contributed by atoms with E-state index in [1.165, 1.54) is 12.1 Å². The molecule has 1 amide bonds. The summed E-state index contributed by atoms with van der Waals surface area (Å²) < 4.78 is 10.8. The Balaban J connectivity index is 1.34. The van der Waals surface area contributed by atoms with Gasteiger partial charge in [0, 0.05) is 35.8 Å². The minimum absolute atomic E-state index is 0.00528. The monoisotopic (exact) mass is 544 g/mol. The van der Waals surface area contributed by atoms with Crippen LogP contribution in [0, 0.1) is 17.0 Å². The summed E-state index contributed by atoms with van der Waals surface area (Å²) in [4.78, 5) is 38.6. The molecule has 11 heteroatoms. The molecule has 2 N–H and O–H groups in total. The van der Waals surface area contributed by atoms with E-state index >= 15 is 0 Å². The first-order valence-corrected chi connectivity index (χ1v) is 12.6. The van der Waals surface area contributed by atoms with Crippen molar-refractivity contribution in [3.05, 3.63) is 98.4 Å². The first kappa shape index (κ1) is 26.0. The molecule has 0 spiro atoms. The number of carbonyl (C=O) groups excluding carboxylic acids is 1. The van der Waals surface area contributed by atoms with Crippen LogP contribution in [0.25, 0.3) is 22.1 Å². The second-order valence-corrected chi connectivity index (χ2v) is 9.39. The van der Waals surface area contributed by atoms with E-state index in [0.29, 0.717) is 54.4 Å². The molecule has 3 aromatic carbocycles. The van der Waals surface area contributed by atoms with E-state index in [2.05, 4.69) is 10.6 Å². The fraction of sp³-hybridized carbons (Fsp3) is 0.179. The number of ether oxygens (including phenoxy) is 1. The molecule has 0 bridgehead atoms. The molecule has 1 aliphatic heterocycles. The molecule has 0 radical (unpaired) electrons. The lowest BCUT2D eigenvalue weighted by Crippen LogP contribution is -2.37. The van der Waals surface area contributed by atoms with Crippen LogP contribution in [0.3, 0.4) is 0 Å². The summed E-state index contributed by atoms with van der Waals surface area (Å²) >= 11 is 5.35. The van der Waals surface area contributed by atoms with E-state index in [4.69, 9.17) is 21.4 Å². The molecule has 0 atom stereocenters. The van der Waals surface area contributed by atoms with E-state index < -0.39 is 16.5 Å². The van der Waals surface area contributed by atoms with Crippen LogP contribution < -0.4 is 21.2 Å². The van der Waals surface area contributed by atoms with Gasteiger partial charge in [-0.15, -0.1) is 0 Å². The Morgan fingerprint density at radius 2 is 1.82 bits per heavy atom. The highest BCUT2D eigenvalue weighted by molar-refractivity contribution is 7.80. The average molecular weight is 545 g/mol. The van der Waals surface area contributed by atoms with Crippen LogP contribution in [0.2, 0.25) is 0 Å². The molecule has 1 aromatic heterocycles. The minimum Gasteiger partial charge on any atom is -0.422 e. The number of nitro benzene ring substituents is 1. The average Bonchev–Trinajstić information content (AvgIpc) is 2.94. The molecule has 0 aliphatic carbocycles. The van der Waals surface area contributed by atoms with Crippen molar-refractivity contribution < 1.29 is 18.9 Å². The third-order valence-electron chi connectivity index (χ3n) is 6.45. The Hall–Kier alpha value is -4.61. The van der Waals surface area contributed by atoms with Gasteiger partial charge in [0.25, 0.3) is 11.6 Å². The standard InChI is InChI=1S/C28H24N4O6S/c1-17-6-7-18(21-14-19-4-2-3-5-25(19)38-27(21)34)15-22(17)29-28(39)30-26(33)20-8-9-23(24(16-20)32(35)36)31-10-12-37-13-11-31/h2-9,14-16H,10-13H2,1H3,(H2,29,30,33,39). The van der Waals surface area contributed by atoms with Gasteiger partial charge in [0.15, 0.2) is 5.11 Å². The maximum Gasteiger partial charge on any atom is 0.344 e. The smallest absolute Gasteiger partial charge is 0.344 e. The van der Waals surface area contributed by atoms with Crippen LogP contribution in [0.15, 0.2) is 75.9 Å². The molecule has 0 unspecified atom stereocenters. The van der Waals surface area contributed by atoms with Gasteiger partial charge < -0.3 is 19.4 Å². The number of anilines is 2. The molecule has 198 valence electrons. The van der Waals surface area contributed by atoms with Crippen molar-refractivity contribution in [2.45, 2.75) is 6.92 Å². The summed E-state index contributed by atoms with van der Waals surface area (Å²) in [6.07, 6.45) is 0. The molecule has 1 fully saturated rings. The van der Waals surface area contributed by atoms with Crippen molar-refractivity contribution in [1.82, 2.24) is 5.32 Å². The van der Waals surface area contributed by atoms with Crippen LogP contribution in [0.4, 0.5) is 17.1 Å². The van der Waals surface area contributed by atoms with Crippen molar-refractivity contribution >= 4 is 51.3 Å². The van der Waals surface area contributed by atoms with E-state index in [1.807, 2.05) is 30.0 Å². The van der Waals surface area contributed by atoms with E-state index in [-0.39, 0.29) is 16.4 Å². The zero-order valence-electron chi connectivity index (χ0n) is 20.9. The first-order chi connectivity index (χ1) is 18.8. The lowest BCUT2D eigenvalue weighted by atomic mass is 10.0. The van der Waals surface area contributed by atoms with Crippen molar-refractivity contribution in [1.29, 1.82) is 0 Å². The summed E-state index contributed by atoms with van der Waals surface area (Å²) in [7, 11) is 0. The molecule has 2 heterocycles. The van der Waals surface area contributed by atoms with Crippen molar-refractivity contribution in [3.8, 4) is 11.1 Å². The van der Waals surface area contributed by atoms with Crippen LogP contribution in [0.5, 0.6) is 0 Å². The number of nitrogens with one attached hydrogen (secondary N) is 2. The number of rotatable bonds is 5. The van der Waals surface area contributed by atoms with Gasteiger partial charge in [-0.05, 0) is 60.6 Å². The summed E-state index contributed by atoms with van der Waals surface area (Å²) in [5.74, 6) is -0.590. The lowest BCUT2D eigenvalue weighted by molar-refractivity contribution is -0.384. The van der Waals surface area contributed by atoms with Gasteiger partial charge in [-0.2, -0.15) is 0 Å². The normalized spacial score (nSPS) is 13.2. The lowest BCUT2D eigenvalue weighted by Gasteiger charge is -2.28. The second-order valence-electron chi connectivity index (χ2n) is 8.98. The number of benzene rings is 3. The van der Waals surface area contributed by atoms with Crippen molar-refractivity contribution in [2.24, 2.45) is 0 Å². The van der Waals surface area contributed by atoms with E-state index in [0.717, 1.165) is 10.9 Å². The number of fused-ring (bicyclic) bond motifs is 1. The number of morpholine rings is 1. The summed E-state index contributed by atoms with van der Waals surface area (Å²) in [5.41, 5.74) is 2.81.